The molecule has 8 heteroatoms. The van der Waals surface area contributed by atoms with Gasteiger partial charge in [-0.1, -0.05) is 260 Å². The monoisotopic (exact) mass is 1780 g/mol. The van der Waals surface area contributed by atoms with Gasteiger partial charge >= 0.3 is 0 Å². The van der Waals surface area contributed by atoms with Crippen LogP contribution >= 0.6 is 0 Å². The molecule has 2 aliphatic rings. The third kappa shape index (κ3) is 12.5. The Balaban J connectivity index is 0.000000148. The number of anilines is 12. The molecule has 138 heavy (non-hydrogen) atoms. The Labute approximate surface area is 803 Å². The molecule has 26 rings (SSSR count). The van der Waals surface area contributed by atoms with Crippen LogP contribution in [0.3, 0.4) is 0 Å². The molecule has 0 N–H and O–H groups in total. The number of nitrogens with zero attached hydrogens (tertiary/aromatic N) is 4. The smallest absolute Gasteiger partial charge is 0.159 e. The van der Waals surface area contributed by atoms with Gasteiger partial charge in [-0.2, -0.15) is 0 Å². The molecule has 0 saturated carbocycles. The average molecular weight is 1790 g/mol. The van der Waals surface area contributed by atoms with Crippen LogP contribution in [0.1, 0.15) is 108 Å². The molecule has 4 heterocycles. The van der Waals surface area contributed by atoms with E-state index in [0.29, 0.717) is 0 Å². The van der Waals surface area contributed by atoms with E-state index in [2.05, 4.69) is 458 Å². The molecule has 0 amide bonds. The maximum absolute atomic E-state index is 7.04. The maximum atomic E-state index is 7.04. The summed E-state index contributed by atoms with van der Waals surface area (Å²) >= 11 is 0. The highest BCUT2D eigenvalue weighted by atomic mass is 16.3. The minimum Gasteiger partial charge on any atom is -0.454 e. The van der Waals surface area contributed by atoms with Crippen molar-refractivity contribution in [1.29, 1.82) is 0 Å². The van der Waals surface area contributed by atoms with Crippen molar-refractivity contribution in [1.82, 2.24) is 0 Å². The molecule has 0 radical (unpaired) electrons. The fourth-order valence-electron chi connectivity index (χ4n) is 23.6. The Hall–Kier alpha value is -16.2. The van der Waals surface area contributed by atoms with E-state index in [9.17, 15) is 0 Å². The Morgan fingerprint density at radius 3 is 0.710 bits per heavy atom. The largest absolute Gasteiger partial charge is 0.454 e. The van der Waals surface area contributed by atoms with Crippen LogP contribution in [0, 0.1) is 69.2 Å². The van der Waals surface area contributed by atoms with Gasteiger partial charge in [-0.3, -0.25) is 0 Å². The number of aryl methyl sites for hydroxylation is 10. The summed E-state index contributed by atoms with van der Waals surface area (Å²) in [6.07, 6.45) is 0. The van der Waals surface area contributed by atoms with Crippen molar-refractivity contribution >= 4 is 199 Å². The predicted octanol–water partition coefficient (Wildman–Crippen LogP) is 38.4. The van der Waals surface area contributed by atoms with Gasteiger partial charge in [0.05, 0.1) is 22.7 Å². The van der Waals surface area contributed by atoms with Crippen molar-refractivity contribution in [3.05, 3.63) is 406 Å². The molecule has 4 aromatic heterocycles. The molecule has 24 aromatic rings. The summed E-state index contributed by atoms with van der Waals surface area (Å²) in [5.74, 6) is 0. The van der Waals surface area contributed by atoms with Crippen LogP contribution in [0.4, 0.5) is 68.2 Å². The highest BCUT2D eigenvalue weighted by Gasteiger charge is 2.38. The second-order valence-corrected chi connectivity index (χ2v) is 40.4. The Morgan fingerprint density at radius 2 is 0.399 bits per heavy atom. The van der Waals surface area contributed by atoms with E-state index in [4.69, 9.17) is 17.7 Å². The van der Waals surface area contributed by atoms with E-state index in [0.717, 1.165) is 156 Å². The van der Waals surface area contributed by atoms with Gasteiger partial charge in [-0.25, -0.2) is 0 Å². The summed E-state index contributed by atoms with van der Waals surface area (Å²) in [6, 6.07) is 123. The zero-order valence-corrected chi connectivity index (χ0v) is 80.8. The molecule has 20 aromatic carbocycles. The summed E-state index contributed by atoms with van der Waals surface area (Å²) in [5.41, 5.74) is 46.3. The van der Waals surface area contributed by atoms with Gasteiger partial charge in [0.1, 0.15) is 22.3 Å². The lowest BCUT2D eigenvalue weighted by Crippen LogP contribution is -2.13. The van der Waals surface area contributed by atoms with E-state index < -0.39 is 0 Å². The number of benzene rings is 20. The van der Waals surface area contributed by atoms with Crippen molar-refractivity contribution < 1.29 is 17.7 Å². The molecule has 0 aliphatic heterocycles. The molecular weight excluding hydrogens is 1680 g/mol. The number of para-hydroxylation sites is 12. The number of hydrogen-bond acceptors (Lipinski definition) is 8. The molecule has 668 valence electrons. The van der Waals surface area contributed by atoms with Crippen LogP contribution in [0.15, 0.2) is 357 Å². The quantitative estimate of drug-likeness (QED) is 0.120. The zero-order valence-electron chi connectivity index (χ0n) is 80.8. The number of hydrogen-bond donors (Lipinski definition) is 0. The average Bonchev–Trinajstić information content (AvgIpc) is 0.928. The first-order chi connectivity index (χ1) is 66.9. The number of fused-ring (bicyclic) bond motifs is 24. The topological polar surface area (TPSA) is 65.5 Å². The van der Waals surface area contributed by atoms with Gasteiger partial charge in [0.25, 0.3) is 0 Å². The fraction of sp³-hybridized carbons (Fsp3) is 0.138. The molecule has 8 nitrogen and oxygen atoms in total. The van der Waals surface area contributed by atoms with E-state index in [-0.39, 0.29) is 10.8 Å². The van der Waals surface area contributed by atoms with Gasteiger partial charge in [-0.05, 0) is 345 Å². The standard InChI is InChI=1S/C70H62N2O2.C60H42N2O2/c1-39-21-13-15-29-57(39)71(59-31-19-25-51-49-23-17-27-55(69(7,8)9)65(49)73-67(51)59)45-33-35-47-41(3)61-63(43(5)53(47)37-45)62-42(4)48-36-34-46(38-54(48)44(6)64(61)62)72(58-30-16-14-22-40(58)2)60-32-20-26-52-50-24-18-28-56(70(10,11)12)66(50)74-68(52)60;1-35-43-31-29-41(61(39-17-7-5-8-18-39)51-25-15-23-47-45-21-11-13-27-53(45)63-59(47)51)33-49(43)37(3)57-55(35)58-38(4)50-34-42(30-32-44(50)36(2)56(57)58)62(40-19-9-6-10-20-40)52-26-16-24-48-46-22-12-14-28-54(46)64-60(48)52/h13-38H,1-12H3;5-34H,1-4H3. The van der Waals surface area contributed by atoms with Gasteiger partial charge in [-0.15, -0.1) is 0 Å². The maximum Gasteiger partial charge on any atom is 0.159 e. The van der Waals surface area contributed by atoms with Crippen molar-refractivity contribution in [2.45, 2.75) is 122 Å². The molecular formula is C130H104N4O4. The van der Waals surface area contributed by atoms with Crippen molar-refractivity contribution in [2.75, 3.05) is 19.6 Å². The molecule has 0 bridgehead atoms. The molecule has 0 saturated heterocycles. The highest BCUT2D eigenvalue weighted by Crippen LogP contribution is 2.62. The third-order valence-electron chi connectivity index (χ3n) is 30.4. The first-order valence-corrected chi connectivity index (χ1v) is 48.4. The SMILES string of the molecule is Cc1c2c(c(C)c3cc(N(c4ccccc4)c4cccc5c4oc4ccccc45)ccc13)-c1c-2c(C)c2cc(N(c3ccccc3)c3cccc4c3oc3ccccc34)ccc2c1C.Cc1ccccc1N(c1ccc2c(C)c3c(c(C)c2c1)-c1c-3c(C)c2cc(N(c3ccccc3C)c3cccc4c3oc3c(C(C)(C)C)cccc34)ccc2c1C)c1cccc2c1oc1c(C(C)(C)C)cccc12. The van der Waals surface area contributed by atoms with Crippen molar-refractivity contribution in [2.24, 2.45) is 0 Å². The van der Waals surface area contributed by atoms with Crippen LogP contribution in [-0.4, -0.2) is 0 Å². The Kier molecular flexibility index (Phi) is 18.9. The summed E-state index contributed by atoms with van der Waals surface area (Å²) in [5, 5.41) is 19.2. The summed E-state index contributed by atoms with van der Waals surface area (Å²) in [6.45, 7) is 36.6. The molecule has 0 unspecified atom stereocenters. The van der Waals surface area contributed by atoms with Gasteiger partial charge in [0.2, 0.25) is 0 Å². The second kappa shape index (κ2) is 31.2. The van der Waals surface area contributed by atoms with E-state index in [1.165, 1.54) is 154 Å². The Morgan fingerprint density at radius 1 is 0.167 bits per heavy atom. The van der Waals surface area contributed by atoms with E-state index in [1.54, 1.807) is 0 Å². The first-order valence-electron chi connectivity index (χ1n) is 48.4. The minimum atomic E-state index is -0.0736. The van der Waals surface area contributed by atoms with Crippen LogP contribution < -0.4 is 19.6 Å². The predicted molar refractivity (Wildman–Crippen MR) is 584 cm³/mol. The van der Waals surface area contributed by atoms with E-state index >= 15 is 0 Å². The summed E-state index contributed by atoms with van der Waals surface area (Å²) in [7, 11) is 0. The fourth-order valence-corrected chi connectivity index (χ4v) is 23.6. The Bertz CT molecular complexity index is 8760. The minimum absolute atomic E-state index is 0.0736. The van der Waals surface area contributed by atoms with E-state index in [1.807, 2.05) is 12.1 Å². The summed E-state index contributed by atoms with van der Waals surface area (Å²) in [4.78, 5) is 9.52. The lowest BCUT2D eigenvalue weighted by molar-refractivity contribution is 0.572. The van der Waals surface area contributed by atoms with Crippen molar-refractivity contribution in [3.8, 4) is 44.5 Å². The number of furan rings is 4. The van der Waals surface area contributed by atoms with Crippen LogP contribution in [0.25, 0.3) is 175 Å². The van der Waals surface area contributed by atoms with Crippen molar-refractivity contribution in [3.63, 3.8) is 0 Å². The summed E-state index contributed by atoms with van der Waals surface area (Å²) < 4.78 is 27.3. The van der Waals surface area contributed by atoms with Crippen LogP contribution in [0.5, 0.6) is 0 Å². The molecule has 0 spiro atoms. The van der Waals surface area contributed by atoms with Crippen LogP contribution in [0.2, 0.25) is 0 Å². The lowest BCUT2D eigenvalue weighted by Gasteiger charge is -2.35. The molecule has 2 aliphatic carbocycles. The normalized spacial score (nSPS) is 12.3. The lowest BCUT2D eigenvalue weighted by atomic mass is 9.69. The zero-order chi connectivity index (χ0) is 94.1. The number of rotatable bonds is 12. The van der Waals surface area contributed by atoms with Gasteiger partial charge in [0, 0.05) is 99.7 Å². The molecule has 0 fully saturated rings. The van der Waals surface area contributed by atoms with Gasteiger partial charge < -0.3 is 37.3 Å². The second-order valence-electron chi connectivity index (χ2n) is 40.4. The van der Waals surface area contributed by atoms with Gasteiger partial charge in [0.15, 0.2) is 22.3 Å². The molecule has 0 atom stereocenters. The van der Waals surface area contributed by atoms with Crippen LogP contribution in [-0.2, 0) is 10.8 Å². The third-order valence-corrected chi connectivity index (χ3v) is 30.4. The first kappa shape index (κ1) is 83.6. The highest BCUT2D eigenvalue weighted by molar-refractivity contribution is 6.23.